The average molecular weight is 246 g/mol. The molecule has 0 fully saturated rings. The van der Waals surface area contributed by atoms with E-state index in [2.05, 4.69) is 5.10 Å². The maximum absolute atomic E-state index is 5.68. The van der Waals surface area contributed by atoms with Crippen LogP contribution in [0, 0.1) is 0 Å². The highest BCUT2D eigenvalue weighted by Gasteiger charge is 1.99. The Morgan fingerprint density at radius 1 is 1.39 bits per heavy atom. The molecular formula is C13H18N4O. The van der Waals surface area contributed by atoms with Gasteiger partial charge in [-0.2, -0.15) is 5.10 Å². The molecule has 2 aromatic rings. The van der Waals surface area contributed by atoms with Crippen LogP contribution in [0.2, 0.25) is 0 Å². The number of rotatable bonds is 5. The SMILES string of the molecule is CN(C)c1cccc(OCCn2cc(N)cn2)c1. The molecule has 0 unspecified atom stereocenters. The third-order valence-corrected chi connectivity index (χ3v) is 2.58. The summed E-state index contributed by atoms with van der Waals surface area (Å²) in [4.78, 5) is 2.04. The van der Waals surface area contributed by atoms with E-state index in [0.717, 1.165) is 11.4 Å². The fourth-order valence-electron chi connectivity index (χ4n) is 1.61. The number of hydrogen-bond acceptors (Lipinski definition) is 4. The van der Waals surface area contributed by atoms with Crippen molar-refractivity contribution in [3.05, 3.63) is 36.7 Å². The van der Waals surface area contributed by atoms with Gasteiger partial charge in [0.15, 0.2) is 0 Å². The van der Waals surface area contributed by atoms with Crippen LogP contribution in [0.4, 0.5) is 11.4 Å². The van der Waals surface area contributed by atoms with Crippen LogP contribution < -0.4 is 15.4 Å². The highest BCUT2D eigenvalue weighted by Crippen LogP contribution is 2.19. The third-order valence-electron chi connectivity index (χ3n) is 2.58. The zero-order chi connectivity index (χ0) is 13.0. The van der Waals surface area contributed by atoms with Crippen molar-refractivity contribution in [2.24, 2.45) is 0 Å². The summed E-state index contributed by atoms with van der Waals surface area (Å²) < 4.78 is 7.45. The van der Waals surface area contributed by atoms with Gasteiger partial charge in [-0.25, -0.2) is 0 Å². The molecule has 0 aliphatic rings. The van der Waals surface area contributed by atoms with Gasteiger partial charge in [0.05, 0.1) is 18.4 Å². The summed E-state index contributed by atoms with van der Waals surface area (Å²) in [5.74, 6) is 0.862. The van der Waals surface area contributed by atoms with Crippen molar-refractivity contribution in [2.45, 2.75) is 6.54 Å². The third kappa shape index (κ3) is 3.16. The summed E-state index contributed by atoms with van der Waals surface area (Å²) in [7, 11) is 4.01. The summed E-state index contributed by atoms with van der Waals surface area (Å²) in [6, 6.07) is 7.99. The fraction of sp³-hybridized carbons (Fsp3) is 0.308. The van der Waals surface area contributed by atoms with E-state index < -0.39 is 0 Å². The van der Waals surface area contributed by atoms with E-state index in [0.29, 0.717) is 18.8 Å². The standard InChI is InChI=1S/C13H18N4O/c1-16(2)12-4-3-5-13(8-12)18-7-6-17-10-11(14)9-15-17/h3-5,8-10H,6-7,14H2,1-2H3. The summed E-state index contributed by atoms with van der Waals surface area (Å²) in [5.41, 5.74) is 7.38. The fourth-order valence-corrected chi connectivity index (χ4v) is 1.61. The second-order valence-corrected chi connectivity index (χ2v) is 4.28. The molecule has 96 valence electrons. The van der Waals surface area contributed by atoms with Crippen LogP contribution in [0.5, 0.6) is 5.75 Å². The van der Waals surface area contributed by atoms with Gasteiger partial charge in [-0.1, -0.05) is 6.07 Å². The van der Waals surface area contributed by atoms with Crippen molar-refractivity contribution in [3.63, 3.8) is 0 Å². The van der Waals surface area contributed by atoms with Crippen LogP contribution in [0.15, 0.2) is 36.7 Å². The quantitative estimate of drug-likeness (QED) is 0.870. The minimum atomic E-state index is 0.567. The zero-order valence-corrected chi connectivity index (χ0v) is 10.7. The van der Waals surface area contributed by atoms with Crippen LogP contribution in [0.3, 0.4) is 0 Å². The van der Waals surface area contributed by atoms with Gasteiger partial charge < -0.3 is 15.4 Å². The molecule has 5 nitrogen and oxygen atoms in total. The molecule has 5 heteroatoms. The monoisotopic (exact) mass is 246 g/mol. The Hall–Kier alpha value is -2.17. The average Bonchev–Trinajstić information content (AvgIpc) is 2.75. The van der Waals surface area contributed by atoms with Gasteiger partial charge in [0.1, 0.15) is 12.4 Å². The number of hydrogen-bond donors (Lipinski definition) is 1. The predicted octanol–water partition coefficient (Wildman–Crippen LogP) is 1.61. The lowest BCUT2D eigenvalue weighted by Gasteiger charge is -2.14. The van der Waals surface area contributed by atoms with E-state index >= 15 is 0 Å². The van der Waals surface area contributed by atoms with Crippen molar-refractivity contribution >= 4 is 11.4 Å². The number of nitrogens with zero attached hydrogens (tertiary/aromatic N) is 3. The number of ether oxygens (including phenoxy) is 1. The highest BCUT2D eigenvalue weighted by molar-refractivity contribution is 5.49. The lowest BCUT2D eigenvalue weighted by atomic mass is 10.3. The Bertz CT molecular complexity index is 507. The van der Waals surface area contributed by atoms with Gasteiger partial charge >= 0.3 is 0 Å². The van der Waals surface area contributed by atoms with E-state index in [-0.39, 0.29) is 0 Å². The minimum absolute atomic E-state index is 0.567. The number of anilines is 2. The molecule has 2 N–H and O–H groups in total. The molecular weight excluding hydrogens is 228 g/mol. The zero-order valence-electron chi connectivity index (χ0n) is 10.7. The largest absolute Gasteiger partial charge is 0.492 e. The van der Waals surface area contributed by atoms with Crippen molar-refractivity contribution < 1.29 is 4.74 Å². The summed E-state index contributed by atoms with van der Waals surface area (Å²) in [6.07, 6.45) is 3.42. The Balaban J connectivity index is 1.88. The van der Waals surface area contributed by atoms with Crippen LogP contribution in [-0.2, 0) is 6.54 Å². The molecule has 0 spiro atoms. The lowest BCUT2D eigenvalue weighted by Crippen LogP contribution is -2.10. The van der Waals surface area contributed by atoms with Crippen LogP contribution in [-0.4, -0.2) is 30.5 Å². The number of nitrogens with two attached hydrogens (primary N) is 1. The van der Waals surface area contributed by atoms with Crippen molar-refractivity contribution in [3.8, 4) is 5.75 Å². The molecule has 0 amide bonds. The summed E-state index contributed by atoms with van der Waals surface area (Å²) in [6.45, 7) is 1.25. The molecule has 18 heavy (non-hydrogen) atoms. The van der Waals surface area contributed by atoms with E-state index in [9.17, 15) is 0 Å². The van der Waals surface area contributed by atoms with E-state index in [1.54, 1.807) is 17.1 Å². The number of benzene rings is 1. The first kappa shape index (κ1) is 12.3. The second kappa shape index (κ2) is 5.44. The van der Waals surface area contributed by atoms with Crippen LogP contribution in [0.25, 0.3) is 0 Å². The van der Waals surface area contributed by atoms with Crippen molar-refractivity contribution in [1.29, 1.82) is 0 Å². The maximum Gasteiger partial charge on any atom is 0.121 e. The van der Waals surface area contributed by atoms with Gasteiger partial charge in [-0.3, -0.25) is 4.68 Å². The van der Waals surface area contributed by atoms with Gasteiger partial charge in [-0.15, -0.1) is 0 Å². The molecule has 2 rings (SSSR count). The molecule has 1 aromatic heterocycles. The first-order chi connectivity index (χ1) is 8.65. The molecule has 0 aliphatic heterocycles. The van der Waals surface area contributed by atoms with Crippen molar-refractivity contribution in [2.75, 3.05) is 31.3 Å². The van der Waals surface area contributed by atoms with E-state index in [1.807, 2.05) is 43.3 Å². The lowest BCUT2D eigenvalue weighted by molar-refractivity contribution is 0.291. The molecule has 0 radical (unpaired) electrons. The summed E-state index contributed by atoms with van der Waals surface area (Å²) in [5, 5.41) is 4.10. The van der Waals surface area contributed by atoms with Crippen LogP contribution >= 0.6 is 0 Å². The number of aromatic nitrogens is 2. The molecule has 0 bridgehead atoms. The van der Waals surface area contributed by atoms with Crippen LogP contribution in [0.1, 0.15) is 0 Å². The smallest absolute Gasteiger partial charge is 0.121 e. The summed E-state index contributed by atoms with van der Waals surface area (Å²) >= 11 is 0. The Morgan fingerprint density at radius 2 is 2.22 bits per heavy atom. The predicted molar refractivity (Wildman–Crippen MR) is 72.9 cm³/mol. The topological polar surface area (TPSA) is 56.3 Å². The normalized spacial score (nSPS) is 10.3. The molecule has 0 atom stereocenters. The highest BCUT2D eigenvalue weighted by atomic mass is 16.5. The molecule has 1 aromatic carbocycles. The minimum Gasteiger partial charge on any atom is -0.492 e. The first-order valence-corrected chi connectivity index (χ1v) is 5.83. The van der Waals surface area contributed by atoms with E-state index in [1.165, 1.54) is 0 Å². The molecule has 0 saturated heterocycles. The van der Waals surface area contributed by atoms with Gasteiger partial charge in [0, 0.05) is 32.0 Å². The Labute approximate surface area is 107 Å². The molecule has 0 saturated carbocycles. The maximum atomic E-state index is 5.68. The Kier molecular flexibility index (Phi) is 3.72. The van der Waals surface area contributed by atoms with E-state index in [4.69, 9.17) is 10.5 Å². The van der Waals surface area contributed by atoms with Crippen molar-refractivity contribution in [1.82, 2.24) is 9.78 Å². The number of nitrogen functional groups attached to an aromatic ring is 1. The first-order valence-electron chi connectivity index (χ1n) is 5.83. The van der Waals surface area contributed by atoms with Gasteiger partial charge in [0.2, 0.25) is 0 Å². The molecule has 1 heterocycles. The van der Waals surface area contributed by atoms with Gasteiger partial charge in [-0.05, 0) is 12.1 Å². The Morgan fingerprint density at radius 3 is 2.89 bits per heavy atom. The molecule has 0 aliphatic carbocycles. The second-order valence-electron chi connectivity index (χ2n) is 4.28. The van der Waals surface area contributed by atoms with Gasteiger partial charge in [0.25, 0.3) is 0 Å².